The maximum Gasteiger partial charge on any atom is 0.329 e. The first kappa shape index (κ1) is 24.5. The summed E-state index contributed by atoms with van der Waals surface area (Å²) >= 11 is 5.86. The minimum atomic E-state index is -0.627. The lowest BCUT2D eigenvalue weighted by atomic mass is 9.87. The van der Waals surface area contributed by atoms with E-state index in [0.29, 0.717) is 10.7 Å². The number of anilines is 2. The lowest BCUT2D eigenvalue weighted by Crippen LogP contribution is -2.44. The van der Waals surface area contributed by atoms with Crippen LogP contribution in [0.25, 0.3) is 11.6 Å². The van der Waals surface area contributed by atoms with E-state index in [9.17, 15) is 14.4 Å². The Morgan fingerprint density at radius 1 is 1.14 bits per heavy atom. The molecule has 2 aliphatic rings. The standard InChI is InChI=1S/C27H29ClN4O3/c1-6-32-23-11-16(2)18(12-21(23)17(3)14-27(32,4)5)13-22-25(34)31(26(35)30-22)15-24(33)29-20-9-7-19(28)8-10-20/h7-14H,6,15H2,1-5H3,(H,29,33)(H,30,35)/b22-13+. The first-order valence-corrected chi connectivity index (χ1v) is 11.9. The van der Waals surface area contributed by atoms with Crippen LogP contribution in [0.4, 0.5) is 16.2 Å². The maximum absolute atomic E-state index is 13.0. The van der Waals surface area contributed by atoms with E-state index in [2.05, 4.69) is 61.4 Å². The number of halogens is 1. The highest BCUT2D eigenvalue weighted by Gasteiger charge is 2.35. The highest BCUT2D eigenvalue weighted by Crippen LogP contribution is 2.40. The Morgan fingerprint density at radius 2 is 1.83 bits per heavy atom. The SMILES string of the molecule is CCN1c2cc(C)c(/C=C3/NC(=O)N(CC(=O)Nc4ccc(Cl)cc4)C3=O)cc2C(C)=CC1(C)C. The van der Waals surface area contributed by atoms with Crippen molar-refractivity contribution < 1.29 is 14.4 Å². The van der Waals surface area contributed by atoms with Gasteiger partial charge in [-0.25, -0.2) is 9.69 Å². The summed E-state index contributed by atoms with van der Waals surface area (Å²) in [7, 11) is 0. The second-order valence-corrected chi connectivity index (χ2v) is 9.82. The van der Waals surface area contributed by atoms with Crippen LogP contribution in [0.1, 0.15) is 44.4 Å². The predicted octanol–water partition coefficient (Wildman–Crippen LogP) is 5.20. The molecule has 0 bridgehead atoms. The first-order chi connectivity index (χ1) is 16.5. The molecule has 7 nitrogen and oxygen atoms in total. The number of urea groups is 1. The zero-order chi connectivity index (χ0) is 25.5. The van der Waals surface area contributed by atoms with Crippen molar-refractivity contribution in [2.75, 3.05) is 23.3 Å². The summed E-state index contributed by atoms with van der Waals surface area (Å²) < 4.78 is 0. The van der Waals surface area contributed by atoms with Gasteiger partial charge in [-0.15, -0.1) is 0 Å². The summed E-state index contributed by atoms with van der Waals surface area (Å²) in [5, 5.41) is 5.81. The molecule has 0 aromatic heterocycles. The number of nitrogens with one attached hydrogen (secondary N) is 2. The van der Waals surface area contributed by atoms with E-state index >= 15 is 0 Å². The molecule has 0 spiro atoms. The van der Waals surface area contributed by atoms with Crippen molar-refractivity contribution in [1.29, 1.82) is 0 Å². The van der Waals surface area contributed by atoms with Gasteiger partial charge in [0.1, 0.15) is 12.2 Å². The molecule has 8 heteroatoms. The number of amides is 4. The van der Waals surface area contributed by atoms with Crippen molar-refractivity contribution in [2.24, 2.45) is 0 Å². The number of aryl methyl sites for hydroxylation is 1. The van der Waals surface area contributed by atoms with Crippen LogP contribution in [0.2, 0.25) is 5.02 Å². The second kappa shape index (κ2) is 9.23. The van der Waals surface area contributed by atoms with E-state index in [1.54, 1.807) is 30.3 Å². The van der Waals surface area contributed by atoms with Crippen molar-refractivity contribution in [3.8, 4) is 0 Å². The van der Waals surface area contributed by atoms with Crippen molar-refractivity contribution in [1.82, 2.24) is 10.2 Å². The minimum absolute atomic E-state index is 0.0965. The minimum Gasteiger partial charge on any atom is -0.363 e. The average molecular weight is 493 g/mol. The van der Waals surface area contributed by atoms with Gasteiger partial charge in [0.25, 0.3) is 5.91 Å². The topological polar surface area (TPSA) is 81.8 Å². The Balaban J connectivity index is 1.56. The molecule has 2 heterocycles. The summed E-state index contributed by atoms with van der Waals surface area (Å²) in [6.07, 6.45) is 3.92. The third-order valence-corrected chi connectivity index (χ3v) is 6.63. The molecule has 0 aliphatic carbocycles. The Kier molecular flexibility index (Phi) is 6.47. The number of carbonyl (C=O) groups is 3. The fourth-order valence-corrected chi connectivity index (χ4v) is 4.85. The number of nitrogens with zero attached hydrogens (tertiary/aromatic N) is 2. The number of likely N-dealkylation sites (N-methyl/N-ethyl adjacent to an activating group) is 1. The monoisotopic (exact) mass is 492 g/mol. The lowest BCUT2D eigenvalue weighted by Gasteiger charge is -2.43. The van der Waals surface area contributed by atoms with Gasteiger partial charge in [0.15, 0.2) is 0 Å². The van der Waals surface area contributed by atoms with Crippen LogP contribution in [0.15, 0.2) is 48.2 Å². The Hall–Kier alpha value is -3.58. The normalized spacial score (nSPS) is 17.9. The van der Waals surface area contributed by atoms with Gasteiger partial charge in [0, 0.05) is 28.5 Å². The van der Waals surface area contributed by atoms with E-state index < -0.39 is 24.4 Å². The number of allylic oxidation sites excluding steroid dienone is 1. The molecule has 1 fully saturated rings. The quantitative estimate of drug-likeness (QED) is 0.444. The van der Waals surface area contributed by atoms with Gasteiger partial charge in [0.2, 0.25) is 5.91 Å². The third-order valence-electron chi connectivity index (χ3n) is 6.37. The molecule has 182 valence electrons. The zero-order valence-corrected chi connectivity index (χ0v) is 21.3. The summed E-state index contributed by atoms with van der Waals surface area (Å²) in [6, 6.07) is 10.1. The molecule has 2 aromatic carbocycles. The highest BCUT2D eigenvalue weighted by molar-refractivity contribution is 6.30. The molecule has 0 saturated carbocycles. The first-order valence-electron chi connectivity index (χ1n) is 11.5. The van der Waals surface area contributed by atoms with Gasteiger partial charge in [-0.05, 0) is 93.8 Å². The Labute approximate surface area is 210 Å². The number of rotatable bonds is 5. The van der Waals surface area contributed by atoms with Gasteiger partial charge in [-0.2, -0.15) is 0 Å². The van der Waals surface area contributed by atoms with Crippen molar-refractivity contribution >= 4 is 52.5 Å². The molecule has 2 aromatic rings. The zero-order valence-electron chi connectivity index (χ0n) is 20.5. The largest absolute Gasteiger partial charge is 0.363 e. The van der Waals surface area contributed by atoms with Crippen LogP contribution in [0, 0.1) is 6.92 Å². The van der Waals surface area contributed by atoms with Crippen LogP contribution < -0.4 is 15.5 Å². The number of fused-ring (bicyclic) bond motifs is 1. The van der Waals surface area contributed by atoms with Crippen molar-refractivity contribution in [3.05, 3.63) is 69.9 Å². The highest BCUT2D eigenvalue weighted by atomic mass is 35.5. The van der Waals surface area contributed by atoms with E-state index in [1.807, 2.05) is 6.92 Å². The van der Waals surface area contributed by atoms with Gasteiger partial charge in [-0.3, -0.25) is 9.59 Å². The molecular formula is C27H29ClN4O3. The van der Waals surface area contributed by atoms with Crippen LogP contribution in [-0.4, -0.2) is 41.4 Å². The van der Waals surface area contributed by atoms with Crippen molar-refractivity contribution in [2.45, 2.75) is 40.2 Å². The summed E-state index contributed by atoms with van der Waals surface area (Å²) in [6.45, 7) is 11.1. The van der Waals surface area contributed by atoms with E-state index in [0.717, 1.165) is 39.4 Å². The van der Waals surface area contributed by atoms with E-state index in [1.165, 1.54) is 0 Å². The van der Waals surface area contributed by atoms with Crippen molar-refractivity contribution in [3.63, 3.8) is 0 Å². The molecule has 2 aliphatic heterocycles. The molecular weight excluding hydrogens is 464 g/mol. The number of imide groups is 1. The Morgan fingerprint density at radius 3 is 2.49 bits per heavy atom. The van der Waals surface area contributed by atoms with Gasteiger partial charge in [0.05, 0.1) is 5.54 Å². The molecule has 0 unspecified atom stereocenters. The van der Waals surface area contributed by atoms with Crippen LogP contribution in [0.5, 0.6) is 0 Å². The molecule has 4 amide bonds. The van der Waals surface area contributed by atoms with Gasteiger partial charge < -0.3 is 15.5 Å². The van der Waals surface area contributed by atoms with E-state index in [4.69, 9.17) is 11.6 Å². The summed E-state index contributed by atoms with van der Waals surface area (Å²) in [5.74, 6) is -1.02. The Bertz CT molecular complexity index is 1280. The second-order valence-electron chi connectivity index (χ2n) is 9.39. The molecule has 0 radical (unpaired) electrons. The molecule has 4 rings (SSSR count). The fourth-order valence-electron chi connectivity index (χ4n) is 4.73. The maximum atomic E-state index is 13.0. The molecule has 35 heavy (non-hydrogen) atoms. The van der Waals surface area contributed by atoms with Crippen LogP contribution in [0.3, 0.4) is 0 Å². The molecule has 2 N–H and O–H groups in total. The van der Waals surface area contributed by atoms with Gasteiger partial charge in [-0.1, -0.05) is 17.7 Å². The number of benzene rings is 2. The number of hydrogen-bond donors (Lipinski definition) is 2. The van der Waals surface area contributed by atoms with E-state index in [-0.39, 0.29) is 11.2 Å². The molecule has 1 saturated heterocycles. The van der Waals surface area contributed by atoms with Gasteiger partial charge >= 0.3 is 6.03 Å². The predicted molar refractivity (Wildman–Crippen MR) is 140 cm³/mol. The van der Waals surface area contributed by atoms with Crippen LogP contribution in [-0.2, 0) is 9.59 Å². The molecule has 0 atom stereocenters. The number of carbonyl (C=O) groups excluding carboxylic acids is 3. The third kappa shape index (κ3) is 4.82. The average Bonchev–Trinajstić information content (AvgIpc) is 3.03. The number of hydrogen-bond acceptors (Lipinski definition) is 4. The summed E-state index contributed by atoms with van der Waals surface area (Å²) in [4.78, 5) is 41.1. The van der Waals surface area contributed by atoms with Crippen LogP contribution >= 0.6 is 11.6 Å². The smallest absolute Gasteiger partial charge is 0.329 e. The lowest BCUT2D eigenvalue weighted by molar-refractivity contribution is -0.127. The summed E-state index contributed by atoms with van der Waals surface area (Å²) in [5.41, 5.74) is 5.81. The fraction of sp³-hybridized carbons (Fsp3) is 0.296.